The molecule has 15 heavy (non-hydrogen) atoms. The second-order valence-corrected chi connectivity index (χ2v) is 5.47. The molecule has 1 N–H and O–H groups in total. The van der Waals surface area contributed by atoms with Crippen molar-refractivity contribution in [3.8, 4) is 0 Å². The van der Waals surface area contributed by atoms with E-state index in [4.69, 9.17) is 0 Å². The molecule has 0 saturated heterocycles. The number of hydrogen-bond donors (Lipinski definition) is 1. The maximum atomic E-state index is 3.62. The molecule has 1 heterocycles. The smallest absolute Gasteiger partial charge is 0.00767 e. The lowest BCUT2D eigenvalue weighted by atomic mass is 9.96. The second kappa shape index (κ2) is 5.66. The Morgan fingerprint density at radius 3 is 3.00 bits per heavy atom. The molecule has 2 heteroatoms. The highest BCUT2D eigenvalue weighted by molar-refractivity contribution is 7.10. The Labute approximate surface area is 96.9 Å². The number of hydrogen-bond acceptors (Lipinski definition) is 2. The van der Waals surface area contributed by atoms with Gasteiger partial charge in [-0.25, -0.2) is 0 Å². The van der Waals surface area contributed by atoms with Gasteiger partial charge in [-0.15, -0.1) is 11.3 Å². The highest BCUT2D eigenvalue weighted by Gasteiger charge is 2.21. The molecule has 0 radical (unpaired) electrons. The van der Waals surface area contributed by atoms with Crippen molar-refractivity contribution >= 4 is 11.3 Å². The zero-order chi connectivity index (χ0) is 10.5. The van der Waals surface area contributed by atoms with Crippen molar-refractivity contribution < 1.29 is 0 Å². The topological polar surface area (TPSA) is 12.0 Å². The highest BCUT2D eigenvalue weighted by Crippen LogP contribution is 2.34. The van der Waals surface area contributed by atoms with Crippen molar-refractivity contribution in [2.75, 3.05) is 6.54 Å². The highest BCUT2D eigenvalue weighted by atomic mass is 32.1. The fraction of sp³-hybridized carbons (Fsp3) is 0.692. The Kier molecular flexibility index (Phi) is 4.21. The van der Waals surface area contributed by atoms with E-state index in [2.05, 4.69) is 29.8 Å². The molecule has 1 aromatic rings. The van der Waals surface area contributed by atoms with Crippen LogP contribution in [0.1, 0.15) is 49.8 Å². The van der Waals surface area contributed by atoms with Crippen LogP contribution >= 0.6 is 11.3 Å². The van der Waals surface area contributed by atoms with E-state index in [-0.39, 0.29) is 0 Å². The zero-order valence-corrected chi connectivity index (χ0v) is 10.4. The van der Waals surface area contributed by atoms with Crippen LogP contribution in [0.5, 0.6) is 0 Å². The minimum Gasteiger partial charge on any atom is -0.314 e. The Balaban J connectivity index is 1.99. The van der Waals surface area contributed by atoms with Gasteiger partial charge in [0.05, 0.1) is 0 Å². The van der Waals surface area contributed by atoms with Crippen LogP contribution in [0.4, 0.5) is 0 Å². The first-order valence-electron chi connectivity index (χ1n) is 6.17. The lowest BCUT2D eigenvalue weighted by molar-refractivity contribution is 0.451. The Morgan fingerprint density at radius 1 is 1.40 bits per heavy atom. The molecule has 0 aliphatic heterocycles. The fourth-order valence-corrected chi connectivity index (χ4v) is 3.49. The molecule has 1 nitrogen and oxygen atoms in total. The van der Waals surface area contributed by atoms with E-state index >= 15 is 0 Å². The molecule has 2 rings (SSSR count). The van der Waals surface area contributed by atoms with Gasteiger partial charge in [0.2, 0.25) is 0 Å². The first-order chi connectivity index (χ1) is 7.40. The molecule has 0 amide bonds. The lowest BCUT2D eigenvalue weighted by Gasteiger charge is -2.19. The summed E-state index contributed by atoms with van der Waals surface area (Å²) in [6.07, 6.45) is 6.91. The van der Waals surface area contributed by atoms with Crippen LogP contribution in [0.2, 0.25) is 0 Å². The maximum absolute atomic E-state index is 3.62. The molecule has 0 spiro atoms. The van der Waals surface area contributed by atoms with E-state index in [9.17, 15) is 0 Å². The normalized spacial score (nSPS) is 27.5. The number of nitrogens with one attached hydrogen (secondary N) is 1. The molecule has 0 bridgehead atoms. The largest absolute Gasteiger partial charge is 0.314 e. The maximum Gasteiger partial charge on any atom is 0.00767 e. The summed E-state index contributed by atoms with van der Waals surface area (Å²) in [5.41, 5.74) is 0. The van der Waals surface area contributed by atoms with Gasteiger partial charge in [0, 0.05) is 10.9 Å². The van der Waals surface area contributed by atoms with Gasteiger partial charge in [-0.3, -0.25) is 0 Å². The van der Waals surface area contributed by atoms with Crippen LogP contribution in [0.3, 0.4) is 0 Å². The predicted molar refractivity (Wildman–Crippen MR) is 67.6 cm³/mol. The van der Waals surface area contributed by atoms with Gasteiger partial charge in [0.1, 0.15) is 0 Å². The average Bonchev–Trinajstić information content (AvgIpc) is 2.67. The van der Waals surface area contributed by atoms with Gasteiger partial charge in [0.25, 0.3) is 0 Å². The summed E-state index contributed by atoms with van der Waals surface area (Å²) >= 11 is 1.93. The summed E-state index contributed by atoms with van der Waals surface area (Å²) < 4.78 is 0. The molecule has 1 aliphatic rings. The van der Waals surface area contributed by atoms with Gasteiger partial charge in [0.15, 0.2) is 0 Å². The number of thiophene rings is 1. The van der Waals surface area contributed by atoms with E-state index in [0.29, 0.717) is 0 Å². The van der Waals surface area contributed by atoms with Crippen LogP contribution in [-0.4, -0.2) is 12.6 Å². The molecule has 0 aromatic carbocycles. The quantitative estimate of drug-likeness (QED) is 0.769. The summed E-state index contributed by atoms with van der Waals surface area (Å²) in [7, 11) is 0. The summed E-state index contributed by atoms with van der Waals surface area (Å²) in [5, 5.41) is 5.83. The molecule has 1 aromatic heterocycles. The summed E-state index contributed by atoms with van der Waals surface area (Å²) in [4.78, 5) is 1.60. The van der Waals surface area contributed by atoms with Crippen LogP contribution in [-0.2, 0) is 0 Å². The Hall–Kier alpha value is -0.340. The van der Waals surface area contributed by atoms with Gasteiger partial charge >= 0.3 is 0 Å². The second-order valence-electron chi connectivity index (χ2n) is 4.49. The predicted octanol–water partition coefficient (Wildman–Crippen LogP) is 3.77. The summed E-state index contributed by atoms with van der Waals surface area (Å²) in [6, 6.07) is 5.25. The molecule has 1 fully saturated rings. The third-order valence-electron chi connectivity index (χ3n) is 3.36. The minimum absolute atomic E-state index is 0.754. The van der Waals surface area contributed by atoms with Crippen molar-refractivity contribution in [2.45, 2.75) is 51.0 Å². The Bertz CT molecular complexity index is 268. The first kappa shape index (κ1) is 11.2. The van der Waals surface area contributed by atoms with Crippen molar-refractivity contribution in [3.63, 3.8) is 0 Å². The van der Waals surface area contributed by atoms with E-state index < -0.39 is 0 Å². The molecule has 84 valence electrons. The van der Waals surface area contributed by atoms with Crippen molar-refractivity contribution in [1.29, 1.82) is 0 Å². The number of rotatable bonds is 3. The molecule has 2 atom stereocenters. The van der Waals surface area contributed by atoms with E-state index in [1.54, 1.807) is 4.88 Å². The van der Waals surface area contributed by atoms with Crippen LogP contribution in [0.25, 0.3) is 0 Å². The van der Waals surface area contributed by atoms with E-state index in [0.717, 1.165) is 18.5 Å². The standard InChI is InChI=1S/C13H21NS/c1-2-14-12-7-4-3-6-11(10-12)13-8-5-9-15-13/h5,8-9,11-12,14H,2-4,6-7,10H2,1H3. The van der Waals surface area contributed by atoms with Gasteiger partial charge in [-0.05, 0) is 43.2 Å². The van der Waals surface area contributed by atoms with Crippen molar-refractivity contribution in [1.82, 2.24) is 5.32 Å². The summed E-state index contributed by atoms with van der Waals surface area (Å²) in [6.45, 7) is 3.33. The average molecular weight is 223 g/mol. The Morgan fingerprint density at radius 2 is 2.27 bits per heavy atom. The third kappa shape index (κ3) is 3.05. The zero-order valence-electron chi connectivity index (χ0n) is 9.54. The van der Waals surface area contributed by atoms with Gasteiger partial charge in [-0.1, -0.05) is 25.8 Å². The molecule has 1 saturated carbocycles. The van der Waals surface area contributed by atoms with Crippen molar-refractivity contribution in [2.24, 2.45) is 0 Å². The molecule has 1 aliphatic carbocycles. The molecular formula is C13H21NS. The monoisotopic (exact) mass is 223 g/mol. The first-order valence-corrected chi connectivity index (χ1v) is 7.05. The van der Waals surface area contributed by atoms with Gasteiger partial charge < -0.3 is 5.32 Å². The van der Waals surface area contributed by atoms with Crippen molar-refractivity contribution in [3.05, 3.63) is 22.4 Å². The van der Waals surface area contributed by atoms with Crippen LogP contribution < -0.4 is 5.32 Å². The van der Waals surface area contributed by atoms with Gasteiger partial charge in [-0.2, -0.15) is 0 Å². The van der Waals surface area contributed by atoms with E-state index in [1.165, 1.54) is 32.1 Å². The fourth-order valence-electron chi connectivity index (χ4n) is 2.62. The SMILES string of the molecule is CCNC1CCCCC(c2cccs2)C1. The lowest BCUT2D eigenvalue weighted by Crippen LogP contribution is -2.29. The van der Waals surface area contributed by atoms with E-state index in [1.807, 2.05) is 11.3 Å². The molecular weight excluding hydrogens is 202 g/mol. The van der Waals surface area contributed by atoms with Crippen LogP contribution in [0, 0.1) is 0 Å². The summed E-state index contributed by atoms with van der Waals surface area (Å²) in [5.74, 6) is 0.816. The molecule has 2 unspecified atom stereocenters. The minimum atomic E-state index is 0.754. The third-order valence-corrected chi connectivity index (χ3v) is 4.40. The van der Waals surface area contributed by atoms with Crippen LogP contribution in [0.15, 0.2) is 17.5 Å².